The molecule has 0 bridgehead atoms. The van der Waals surface area contributed by atoms with Gasteiger partial charge in [0.05, 0.1) is 11.8 Å². The Bertz CT molecular complexity index is 747. The molecule has 2 rings (SSSR count). The van der Waals surface area contributed by atoms with E-state index in [-0.39, 0.29) is 36.1 Å². The molecule has 0 saturated heterocycles. The van der Waals surface area contributed by atoms with Crippen molar-refractivity contribution in [1.29, 1.82) is 0 Å². The minimum Gasteiger partial charge on any atom is -0.467 e. The van der Waals surface area contributed by atoms with Crippen molar-refractivity contribution in [2.24, 2.45) is 4.99 Å². The average molecular weight is 510 g/mol. The van der Waals surface area contributed by atoms with Gasteiger partial charge in [-0.15, -0.1) is 24.0 Å². The number of amides is 1. The van der Waals surface area contributed by atoms with Crippen LogP contribution in [0.1, 0.15) is 28.6 Å². The van der Waals surface area contributed by atoms with Crippen LogP contribution in [0.5, 0.6) is 0 Å². The summed E-state index contributed by atoms with van der Waals surface area (Å²) in [4.78, 5) is 16.3. The Labute approximate surface area is 178 Å². The van der Waals surface area contributed by atoms with Gasteiger partial charge in [0.1, 0.15) is 12.3 Å². The molecule has 0 aliphatic carbocycles. The number of benzene rings is 1. The van der Waals surface area contributed by atoms with E-state index in [9.17, 15) is 18.0 Å². The predicted octanol–water partition coefficient (Wildman–Crippen LogP) is 3.40. The fraction of sp³-hybridized carbons (Fsp3) is 0.333. The molecule has 3 N–H and O–H groups in total. The van der Waals surface area contributed by atoms with Crippen molar-refractivity contribution in [2.75, 3.05) is 19.6 Å². The number of aliphatic imine (C=N–C) groups is 1. The molecule has 0 atom stereocenters. The van der Waals surface area contributed by atoms with Gasteiger partial charge in [-0.3, -0.25) is 4.79 Å². The van der Waals surface area contributed by atoms with Crippen LogP contribution in [0, 0.1) is 0 Å². The Morgan fingerprint density at radius 1 is 1.07 bits per heavy atom. The highest BCUT2D eigenvalue weighted by Crippen LogP contribution is 2.28. The molecule has 6 nitrogen and oxygen atoms in total. The second-order valence-electron chi connectivity index (χ2n) is 5.53. The summed E-state index contributed by atoms with van der Waals surface area (Å²) in [5.74, 6) is 0.850. The summed E-state index contributed by atoms with van der Waals surface area (Å²) in [5, 5.41) is 8.76. The van der Waals surface area contributed by atoms with Gasteiger partial charge in [-0.25, -0.2) is 4.99 Å². The highest BCUT2D eigenvalue weighted by Gasteiger charge is 2.30. The van der Waals surface area contributed by atoms with Crippen LogP contribution >= 0.6 is 24.0 Å². The van der Waals surface area contributed by atoms with E-state index in [2.05, 4.69) is 20.9 Å². The second-order valence-corrected chi connectivity index (χ2v) is 5.53. The Kier molecular flexibility index (Phi) is 9.83. The summed E-state index contributed by atoms with van der Waals surface area (Å²) in [5.41, 5.74) is -0.620. The number of nitrogens with zero attached hydrogens (tertiary/aromatic N) is 1. The highest BCUT2D eigenvalue weighted by molar-refractivity contribution is 14.0. The first-order valence-electron chi connectivity index (χ1n) is 8.40. The van der Waals surface area contributed by atoms with Gasteiger partial charge in [0.2, 0.25) is 0 Å². The summed E-state index contributed by atoms with van der Waals surface area (Å²) >= 11 is 0. The molecule has 0 aliphatic rings. The molecule has 1 heterocycles. The number of furan rings is 1. The van der Waals surface area contributed by atoms with Gasteiger partial charge < -0.3 is 20.4 Å². The fourth-order valence-electron chi connectivity index (χ4n) is 2.17. The van der Waals surface area contributed by atoms with Crippen molar-refractivity contribution in [1.82, 2.24) is 16.0 Å². The largest absolute Gasteiger partial charge is 0.467 e. The lowest BCUT2D eigenvalue weighted by molar-refractivity contribution is -0.137. The molecule has 0 spiro atoms. The van der Waals surface area contributed by atoms with Crippen molar-refractivity contribution >= 4 is 35.8 Å². The summed E-state index contributed by atoms with van der Waals surface area (Å²) in [7, 11) is 0. The van der Waals surface area contributed by atoms with E-state index in [1.54, 1.807) is 12.3 Å². The average Bonchev–Trinajstić information content (AvgIpc) is 3.16. The van der Waals surface area contributed by atoms with Gasteiger partial charge in [-0.1, -0.05) is 0 Å². The van der Waals surface area contributed by atoms with Crippen LogP contribution in [0.25, 0.3) is 0 Å². The molecule has 0 saturated carbocycles. The molecule has 2 aromatic rings. The van der Waals surface area contributed by atoms with Crippen LogP contribution in [0.4, 0.5) is 13.2 Å². The summed E-state index contributed by atoms with van der Waals surface area (Å²) in [6.45, 7) is 3.65. The Balaban J connectivity index is 0.00000392. The summed E-state index contributed by atoms with van der Waals surface area (Å²) in [6, 6.07) is 7.68. The van der Waals surface area contributed by atoms with Crippen LogP contribution in [-0.2, 0) is 12.7 Å². The zero-order chi connectivity index (χ0) is 19.7. The van der Waals surface area contributed by atoms with Gasteiger partial charge in [0.15, 0.2) is 5.96 Å². The number of nitrogens with one attached hydrogen (secondary N) is 3. The maximum absolute atomic E-state index is 12.5. The highest BCUT2D eigenvalue weighted by atomic mass is 127. The number of alkyl halides is 3. The van der Waals surface area contributed by atoms with Crippen molar-refractivity contribution in [3.8, 4) is 0 Å². The fourth-order valence-corrected chi connectivity index (χ4v) is 2.17. The van der Waals surface area contributed by atoms with E-state index >= 15 is 0 Å². The van der Waals surface area contributed by atoms with Gasteiger partial charge in [-0.05, 0) is 43.3 Å². The molecule has 1 aromatic carbocycles. The maximum atomic E-state index is 12.5. The third-order valence-electron chi connectivity index (χ3n) is 3.49. The zero-order valence-electron chi connectivity index (χ0n) is 15.2. The second kappa shape index (κ2) is 11.6. The van der Waals surface area contributed by atoms with Crippen molar-refractivity contribution in [3.63, 3.8) is 0 Å². The zero-order valence-corrected chi connectivity index (χ0v) is 17.5. The van der Waals surface area contributed by atoms with Crippen molar-refractivity contribution in [2.45, 2.75) is 19.6 Å². The van der Waals surface area contributed by atoms with Gasteiger partial charge in [-0.2, -0.15) is 13.2 Å². The molecule has 0 aliphatic heterocycles. The third kappa shape index (κ3) is 7.79. The lowest BCUT2D eigenvalue weighted by atomic mass is 10.1. The smallest absolute Gasteiger partial charge is 0.416 e. The van der Waals surface area contributed by atoms with Crippen LogP contribution in [-0.4, -0.2) is 31.5 Å². The first-order valence-corrected chi connectivity index (χ1v) is 8.40. The summed E-state index contributed by atoms with van der Waals surface area (Å²) in [6.07, 6.45) is -2.85. The van der Waals surface area contributed by atoms with Crippen molar-refractivity contribution < 1.29 is 22.4 Å². The number of rotatable bonds is 7. The summed E-state index contributed by atoms with van der Waals surface area (Å²) < 4.78 is 42.8. The van der Waals surface area contributed by atoms with Crippen LogP contribution in [0.2, 0.25) is 0 Å². The Morgan fingerprint density at radius 3 is 2.32 bits per heavy atom. The lowest BCUT2D eigenvalue weighted by Gasteiger charge is -2.12. The van der Waals surface area contributed by atoms with E-state index < -0.39 is 17.6 Å². The molecule has 28 heavy (non-hydrogen) atoms. The van der Waals surface area contributed by atoms with Gasteiger partial charge in [0, 0.05) is 25.2 Å². The molecule has 154 valence electrons. The number of halogens is 4. The van der Waals surface area contributed by atoms with E-state index in [1.807, 2.05) is 13.0 Å². The lowest BCUT2D eigenvalue weighted by Crippen LogP contribution is -2.41. The normalized spacial score (nSPS) is 11.5. The molecule has 1 amide bonds. The molecule has 0 fully saturated rings. The topological polar surface area (TPSA) is 78.7 Å². The number of hydrogen-bond donors (Lipinski definition) is 3. The van der Waals surface area contributed by atoms with Crippen LogP contribution in [0.3, 0.4) is 0 Å². The molecule has 1 aromatic heterocycles. The van der Waals surface area contributed by atoms with Crippen molar-refractivity contribution in [3.05, 3.63) is 59.5 Å². The molecule has 0 unspecified atom stereocenters. The Hall–Kier alpha value is -2.24. The van der Waals surface area contributed by atoms with Gasteiger partial charge >= 0.3 is 6.18 Å². The third-order valence-corrected chi connectivity index (χ3v) is 3.49. The number of guanidine groups is 1. The molecular weight excluding hydrogens is 488 g/mol. The minimum atomic E-state index is -4.42. The van der Waals surface area contributed by atoms with E-state index in [1.165, 1.54) is 0 Å². The van der Waals surface area contributed by atoms with Gasteiger partial charge in [0.25, 0.3) is 5.91 Å². The number of hydrogen-bond acceptors (Lipinski definition) is 3. The van der Waals surface area contributed by atoms with Crippen LogP contribution in [0.15, 0.2) is 52.1 Å². The monoisotopic (exact) mass is 510 g/mol. The van der Waals surface area contributed by atoms with E-state index in [0.29, 0.717) is 25.6 Å². The maximum Gasteiger partial charge on any atom is 0.416 e. The standard InChI is InChI=1S/C18H21F3N4O2.HI/c1-2-22-17(25-12-15-4-3-11-27-15)24-10-9-23-16(26)13-5-7-14(8-6-13)18(19,20)21;/h3-8,11H,2,9-10,12H2,1H3,(H,23,26)(H2,22,24,25);1H. The Morgan fingerprint density at radius 2 is 1.75 bits per heavy atom. The minimum absolute atomic E-state index is 0. The molecule has 10 heteroatoms. The SMILES string of the molecule is CCNC(=NCc1ccco1)NCCNC(=O)c1ccc(C(F)(F)F)cc1.I. The molecular formula is C18H22F3IN4O2. The number of carbonyl (C=O) groups excluding carboxylic acids is 1. The quantitative estimate of drug-likeness (QED) is 0.231. The predicted molar refractivity (Wildman–Crippen MR) is 111 cm³/mol. The van der Waals surface area contributed by atoms with E-state index in [4.69, 9.17) is 4.42 Å². The first kappa shape index (κ1) is 23.8. The first-order chi connectivity index (χ1) is 12.9. The van der Waals surface area contributed by atoms with Crippen LogP contribution < -0.4 is 16.0 Å². The number of carbonyl (C=O) groups is 1. The molecule has 0 radical (unpaired) electrons. The van der Waals surface area contributed by atoms with E-state index in [0.717, 1.165) is 30.0 Å².